The topological polar surface area (TPSA) is 69.6 Å². The molecule has 1 aliphatic heterocycles. The maximum absolute atomic E-state index is 13.2. The number of carboxylic acid groups (broad SMARTS) is 1. The number of carboxylic acids is 1. The molecule has 0 amide bonds. The lowest BCUT2D eigenvalue weighted by molar-refractivity contribution is -0.141. The normalized spacial score (nSPS) is 23.9. The number of rotatable bonds is 2. The molecule has 1 heterocycles. The number of hydrogen-bond donors (Lipinski definition) is 3. The van der Waals surface area contributed by atoms with Crippen molar-refractivity contribution in [2.45, 2.75) is 12.5 Å². The molecule has 1 fully saturated rings. The number of hydrogen-bond acceptors (Lipinski definition) is 3. The Labute approximate surface area is 106 Å². The quantitative estimate of drug-likeness (QED) is 0.782. The molecule has 0 spiro atoms. The van der Waals surface area contributed by atoms with Gasteiger partial charge in [-0.15, -0.1) is 0 Å². The van der Waals surface area contributed by atoms with Gasteiger partial charge in [-0.1, -0.05) is 0 Å². The van der Waals surface area contributed by atoms with E-state index in [1.165, 1.54) is 12.1 Å². The van der Waals surface area contributed by atoms with E-state index in [-0.39, 0.29) is 16.3 Å². The van der Waals surface area contributed by atoms with E-state index >= 15 is 0 Å². The molecule has 2 rings (SSSR count). The second kappa shape index (κ2) is 4.62. The summed E-state index contributed by atoms with van der Waals surface area (Å²) in [6.45, 7) is 0.327. The fraction of sp³-hybridized carbons (Fsp3) is 0.364. The van der Waals surface area contributed by atoms with Crippen LogP contribution in [0.2, 0.25) is 0 Å². The molecule has 17 heavy (non-hydrogen) atoms. The van der Waals surface area contributed by atoms with Crippen molar-refractivity contribution in [2.75, 3.05) is 6.54 Å². The molecule has 3 N–H and O–H groups in total. The van der Waals surface area contributed by atoms with Crippen molar-refractivity contribution >= 4 is 21.9 Å². The fourth-order valence-corrected chi connectivity index (χ4v) is 2.46. The first-order valence-electron chi connectivity index (χ1n) is 5.13. The number of aliphatic carboxylic acids is 1. The molecule has 1 aromatic carbocycles. The van der Waals surface area contributed by atoms with Gasteiger partial charge in [0.15, 0.2) is 0 Å². The van der Waals surface area contributed by atoms with Crippen LogP contribution in [0.3, 0.4) is 0 Å². The first kappa shape index (κ1) is 12.3. The van der Waals surface area contributed by atoms with E-state index in [2.05, 4.69) is 21.2 Å². The van der Waals surface area contributed by atoms with E-state index in [0.29, 0.717) is 18.5 Å². The summed E-state index contributed by atoms with van der Waals surface area (Å²) in [7, 11) is 0. The Morgan fingerprint density at radius 1 is 1.53 bits per heavy atom. The molecule has 0 radical (unpaired) electrons. The Morgan fingerprint density at radius 2 is 2.24 bits per heavy atom. The molecule has 92 valence electrons. The Hall–Kier alpha value is -1.14. The maximum Gasteiger partial charge on any atom is 0.307 e. The lowest BCUT2D eigenvalue weighted by Gasteiger charge is -2.13. The van der Waals surface area contributed by atoms with Crippen molar-refractivity contribution in [2.24, 2.45) is 5.92 Å². The summed E-state index contributed by atoms with van der Waals surface area (Å²) >= 11 is 3.05. The largest absolute Gasteiger partial charge is 0.506 e. The van der Waals surface area contributed by atoms with Crippen LogP contribution in [0, 0.1) is 11.7 Å². The maximum atomic E-state index is 13.2. The van der Waals surface area contributed by atoms with Crippen molar-refractivity contribution in [3.8, 4) is 5.75 Å². The van der Waals surface area contributed by atoms with Crippen LogP contribution in [0.1, 0.15) is 18.0 Å². The first-order chi connectivity index (χ1) is 7.99. The third-order valence-electron chi connectivity index (χ3n) is 2.91. The molecule has 4 nitrogen and oxygen atoms in total. The van der Waals surface area contributed by atoms with E-state index in [1.807, 2.05) is 0 Å². The number of aromatic hydroxyl groups is 1. The van der Waals surface area contributed by atoms with E-state index in [1.54, 1.807) is 0 Å². The highest BCUT2D eigenvalue weighted by Crippen LogP contribution is 2.37. The van der Waals surface area contributed by atoms with Gasteiger partial charge in [-0.25, -0.2) is 4.39 Å². The third-order valence-corrected chi connectivity index (χ3v) is 3.52. The summed E-state index contributed by atoms with van der Waals surface area (Å²) in [6.07, 6.45) is 0.346. The number of halogens is 2. The number of phenolic OH excluding ortho intramolecular Hbond substituents is 1. The van der Waals surface area contributed by atoms with Crippen LogP contribution in [0.15, 0.2) is 16.6 Å². The average molecular weight is 304 g/mol. The molecule has 0 aliphatic carbocycles. The standard InChI is InChI=1S/C11H11BrFNO3/c12-8-3-6(13)2-7(10(8)15)9-1-5(4-14-9)11(16)17/h2-3,5,9,14-15H,1,4H2,(H,16,17). The van der Waals surface area contributed by atoms with Crippen molar-refractivity contribution in [3.05, 3.63) is 28.0 Å². The van der Waals surface area contributed by atoms with Gasteiger partial charge in [-0.2, -0.15) is 0 Å². The second-order valence-corrected chi connectivity index (χ2v) is 4.91. The van der Waals surface area contributed by atoms with Crippen molar-refractivity contribution in [1.82, 2.24) is 5.32 Å². The highest BCUT2D eigenvalue weighted by atomic mass is 79.9. The predicted octanol–water partition coefficient (Wildman–Crippen LogP) is 2.03. The van der Waals surface area contributed by atoms with Crippen LogP contribution >= 0.6 is 15.9 Å². The second-order valence-electron chi connectivity index (χ2n) is 4.06. The molecular weight excluding hydrogens is 293 g/mol. The molecule has 1 saturated heterocycles. The summed E-state index contributed by atoms with van der Waals surface area (Å²) in [5, 5.41) is 21.6. The molecule has 1 aliphatic rings. The predicted molar refractivity (Wildman–Crippen MR) is 62.3 cm³/mol. The zero-order valence-electron chi connectivity index (χ0n) is 8.78. The average Bonchev–Trinajstić information content (AvgIpc) is 2.72. The minimum Gasteiger partial charge on any atom is -0.506 e. The van der Waals surface area contributed by atoms with Gasteiger partial charge in [0.2, 0.25) is 0 Å². The van der Waals surface area contributed by atoms with Crippen molar-refractivity contribution in [3.63, 3.8) is 0 Å². The molecule has 2 unspecified atom stereocenters. The third kappa shape index (κ3) is 2.42. The summed E-state index contributed by atoms with van der Waals surface area (Å²) in [5.41, 5.74) is 0.389. The number of nitrogens with one attached hydrogen (secondary N) is 1. The molecule has 0 saturated carbocycles. The van der Waals surface area contributed by atoms with Crippen molar-refractivity contribution in [1.29, 1.82) is 0 Å². The summed E-state index contributed by atoms with van der Waals surface area (Å²) in [4.78, 5) is 10.8. The summed E-state index contributed by atoms with van der Waals surface area (Å²) in [5.74, 6) is -1.89. The zero-order chi connectivity index (χ0) is 12.6. The van der Waals surface area contributed by atoms with Gasteiger partial charge in [0.05, 0.1) is 10.4 Å². The molecule has 1 aromatic rings. The zero-order valence-corrected chi connectivity index (χ0v) is 10.4. The SMILES string of the molecule is O=C(O)C1CNC(c2cc(F)cc(Br)c2O)C1. The van der Waals surface area contributed by atoms with Crippen LogP contribution in [0.5, 0.6) is 5.75 Å². The lowest BCUT2D eigenvalue weighted by Crippen LogP contribution is -2.17. The van der Waals surface area contributed by atoms with E-state index < -0.39 is 17.7 Å². The lowest BCUT2D eigenvalue weighted by atomic mass is 9.99. The Balaban J connectivity index is 2.27. The van der Waals surface area contributed by atoms with Gasteiger partial charge < -0.3 is 15.5 Å². The van der Waals surface area contributed by atoms with Gasteiger partial charge in [-0.3, -0.25) is 4.79 Å². The van der Waals surface area contributed by atoms with Gasteiger partial charge in [-0.05, 0) is 34.5 Å². The number of benzene rings is 1. The Bertz CT molecular complexity index is 466. The van der Waals surface area contributed by atoms with Gasteiger partial charge in [0.25, 0.3) is 0 Å². The van der Waals surface area contributed by atoms with Gasteiger partial charge in [0, 0.05) is 18.2 Å². The smallest absolute Gasteiger partial charge is 0.307 e. The minimum atomic E-state index is -0.880. The van der Waals surface area contributed by atoms with E-state index in [0.717, 1.165) is 0 Å². The van der Waals surface area contributed by atoms with Crippen LogP contribution < -0.4 is 5.32 Å². The minimum absolute atomic E-state index is 0.0464. The fourth-order valence-electron chi connectivity index (χ4n) is 2.01. The molecule has 6 heteroatoms. The number of carbonyl (C=O) groups is 1. The highest BCUT2D eigenvalue weighted by molar-refractivity contribution is 9.10. The first-order valence-corrected chi connectivity index (χ1v) is 5.92. The molecule has 2 atom stereocenters. The summed E-state index contributed by atoms with van der Waals surface area (Å²) in [6, 6.07) is 2.06. The van der Waals surface area contributed by atoms with Crippen LogP contribution in [-0.4, -0.2) is 22.7 Å². The number of phenols is 1. The Kier molecular flexibility index (Phi) is 3.35. The van der Waals surface area contributed by atoms with Crippen LogP contribution in [0.4, 0.5) is 4.39 Å². The van der Waals surface area contributed by atoms with Gasteiger partial charge in [0.1, 0.15) is 11.6 Å². The highest BCUT2D eigenvalue weighted by Gasteiger charge is 2.32. The van der Waals surface area contributed by atoms with E-state index in [4.69, 9.17) is 5.11 Å². The summed E-state index contributed by atoms with van der Waals surface area (Å²) < 4.78 is 13.5. The molecule has 0 aromatic heterocycles. The Morgan fingerprint density at radius 3 is 2.82 bits per heavy atom. The van der Waals surface area contributed by atoms with Gasteiger partial charge >= 0.3 is 5.97 Å². The van der Waals surface area contributed by atoms with Crippen molar-refractivity contribution < 1.29 is 19.4 Å². The van der Waals surface area contributed by atoms with E-state index in [9.17, 15) is 14.3 Å². The van der Waals surface area contributed by atoms with Crippen LogP contribution in [0.25, 0.3) is 0 Å². The molecular formula is C11H11BrFNO3. The van der Waals surface area contributed by atoms with Crippen LogP contribution in [-0.2, 0) is 4.79 Å². The molecule has 0 bridgehead atoms. The monoisotopic (exact) mass is 303 g/mol.